The molecule has 122 valence electrons. The van der Waals surface area contributed by atoms with Crippen molar-refractivity contribution in [1.29, 1.82) is 0 Å². The number of pyridine rings is 1. The van der Waals surface area contributed by atoms with E-state index in [9.17, 15) is 4.79 Å². The summed E-state index contributed by atoms with van der Waals surface area (Å²) < 4.78 is 7.33. The van der Waals surface area contributed by atoms with Crippen LogP contribution in [0.4, 0.5) is 5.69 Å². The highest BCUT2D eigenvalue weighted by molar-refractivity contribution is 6.02. The number of aromatic nitrogens is 2. The maximum atomic E-state index is 12.1. The van der Waals surface area contributed by atoms with Crippen LogP contribution in [0.15, 0.2) is 54.9 Å². The normalized spacial score (nSPS) is 11.1. The van der Waals surface area contributed by atoms with Gasteiger partial charge in [0, 0.05) is 24.2 Å². The lowest BCUT2D eigenvalue weighted by Gasteiger charge is -2.08. The fraction of sp³-hybridized carbons (Fsp3) is 0.158. The molecule has 0 spiro atoms. The SMILES string of the molecule is CCOc1ccc(/C=C/C(=O)Nc2ccc3nccn3c2C)cc1. The molecule has 0 fully saturated rings. The molecule has 3 aromatic rings. The van der Waals surface area contributed by atoms with Gasteiger partial charge < -0.3 is 14.5 Å². The first-order valence-electron chi connectivity index (χ1n) is 7.82. The molecule has 0 aliphatic heterocycles. The number of aryl methyl sites for hydroxylation is 1. The molecule has 0 unspecified atom stereocenters. The fourth-order valence-corrected chi connectivity index (χ4v) is 2.45. The predicted octanol–water partition coefficient (Wildman–Crippen LogP) is 3.69. The van der Waals surface area contributed by atoms with E-state index in [4.69, 9.17) is 4.74 Å². The van der Waals surface area contributed by atoms with Gasteiger partial charge in [-0.05, 0) is 49.8 Å². The van der Waals surface area contributed by atoms with Crippen molar-refractivity contribution in [2.24, 2.45) is 0 Å². The Labute approximate surface area is 140 Å². The molecule has 0 bridgehead atoms. The summed E-state index contributed by atoms with van der Waals surface area (Å²) in [5.41, 5.74) is 3.50. The molecule has 0 aliphatic rings. The van der Waals surface area contributed by atoms with Gasteiger partial charge in [0.2, 0.25) is 5.91 Å². The minimum absolute atomic E-state index is 0.175. The van der Waals surface area contributed by atoms with E-state index in [0.29, 0.717) is 6.61 Å². The van der Waals surface area contributed by atoms with E-state index in [-0.39, 0.29) is 5.91 Å². The molecule has 5 heteroatoms. The van der Waals surface area contributed by atoms with Gasteiger partial charge in [0.1, 0.15) is 11.4 Å². The maximum Gasteiger partial charge on any atom is 0.248 e. The molecule has 0 saturated heterocycles. The first-order valence-corrected chi connectivity index (χ1v) is 7.82. The Hall–Kier alpha value is -3.08. The molecule has 0 atom stereocenters. The number of imidazole rings is 1. The number of fused-ring (bicyclic) bond motifs is 1. The van der Waals surface area contributed by atoms with Crippen molar-refractivity contribution in [3.05, 3.63) is 66.1 Å². The van der Waals surface area contributed by atoms with Crippen LogP contribution in [0.1, 0.15) is 18.2 Å². The van der Waals surface area contributed by atoms with Crippen molar-refractivity contribution in [3.8, 4) is 5.75 Å². The van der Waals surface area contributed by atoms with Crippen molar-refractivity contribution >= 4 is 23.3 Å². The standard InChI is InChI=1S/C19H19N3O2/c1-3-24-16-7-4-15(5-8-16)6-11-19(23)21-17-9-10-18-20-12-13-22(18)14(17)2/h4-13H,3H2,1-2H3,(H,21,23)/b11-6+. The van der Waals surface area contributed by atoms with Gasteiger partial charge in [-0.1, -0.05) is 12.1 Å². The van der Waals surface area contributed by atoms with Gasteiger partial charge in [0.15, 0.2) is 0 Å². The minimum Gasteiger partial charge on any atom is -0.494 e. The smallest absolute Gasteiger partial charge is 0.248 e. The molecule has 2 heterocycles. The second-order valence-electron chi connectivity index (χ2n) is 5.31. The van der Waals surface area contributed by atoms with Crippen LogP contribution in [0, 0.1) is 6.92 Å². The summed E-state index contributed by atoms with van der Waals surface area (Å²) in [5.74, 6) is 0.648. The van der Waals surface area contributed by atoms with Gasteiger partial charge in [-0.15, -0.1) is 0 Å². The van der Waals surface area contributed by atoms with Gasteiger partial charge >= 0.3 is 0 Å². The molecular formula is C19H19N3O2. The average molecular weight is 321 g/mol. The van der Waals surface area contributed by atoms with Crippen molar-refractivity contribution in [2.45, 2.75) is 13.8 Å². The monoisotopic (exact) mass is 321 g/mol. The first kappa shape index (κ1) is 15.8. The number of nitrogens with zero attached hydrogens (tertiary/aromatic N) is 2. The Balaban J connectivity index is 1.68. The zero-order valence-electron chi connectivity index (χ0n) is 13.7. The van der Waals surface area contributed by atoms with E-state index in [1.165, 1.54) is 6.08 Å². The molecule has 0 aliphatic carbocycles. The zero-order chi connectivity index (χ0) is 16.9. The Kier molecular flexibility index (Phi) is 4.61. The first-order chi connectivity index (χ1) is 11.7. The van der Waals surface area contributed by atoms with E-state index in [2.05, 4.69) is 10.3 Å². The summed E-state index contributed by atoms with van der Waals surface area (Å²) in [4.78, 5) is 16.4. The second kappa shape index (κ2) is 7.00. The van der Waals surface area contributed by atoms with Gasteiger partial charge in [0.05, 0.1) is 12.3 Å². The van der Waals surface area contributed by atoms with Crippen LogP contribution in [-0.4, -0.2) is 21.9 Å². The number of ether oxygens (including phenoxy) is 1. The number of rotatable bonds is 5. The molecule has 1 aromatic carbocycles. The molecule has 24 heavy (non-hydrogen) atoms. The molecule has 5 nitrogen and oxygen atoms in total. The third-order valence-corrected chi connectivity index (χ3v) is 3.70. The largest absolute Gasteiger partial charge is 0.494 e. The third kappa shape index (κ3) is 3.46. The highest BCUT2D eigenvalue weighted by Crippen LogP contribution is 2.17. The quantitative estimate of drug-likeness (QED) is 0.729. The lowest BCUT2D eigenvalue weighted by atomic mass is 10.2. The molecule has 2 aromatic heterocycles. The highest BCUT2D eigenvalue weighted by atomic mass is 16.5. The van der Waals surface area contributed by atoms with Gasteiger partial charge in [-0.25, -0.2) is 4.98 Å². The molecule has 1 amide bonds. The summed E-state index contributed by atoms with van der Waals surface area (Å²) in [6.45, 7) is 4.53. The number of benzene rings is 1. The number of hydrogen-bond acceptors (Lipinski definition) is 3. The average Bonchev–Trinajstić information content (AvgIpc) is 3.07. The van der Waals surface area contributed by atoms with Gasteiger partial charge in [-0.2, -0.15) is 0 Å². The molecule has 0 saturated carbocycles. The van der Waals surface area contributed by atoms with E-state index in [1.807, 2.05) is 60.8 Å². The Bertz CT molecular complexity index is 879. The van der Waals surface area contributed by atoms with Crippen molar-refractivity contribution < 1.29 is 9.53 Å². The van der Waals surface area contributed by atoms with E-state index >= 15 is 0 Å². The van der Waals surface area contributed by atoms with E-state index in [1.54, 1.807) is 12.3 Å². The predicted molar refractivity (Wildman–Crippen MR) is 95.2 cm³/mol. The summed E-state index contributed by atoms with van der Waals surface area (Å²) >= 11 is 0. The number of amides is 1. The lowest BCUT2D eigenvalue weighted by molar-refractivity contribution is -0.111. The summed E-state index contributed by atoms with van der Waals surface area (Å²) in [5, 5.41) is 2.90. The van der Waals surface area contributed by atoms with Crippen molar-refractivity contribution in [2.75, 3.05) is 11.9 Å². The zero-order valence-corrected chi connectivity index (χ0v) is 13.7. The number of nitrogens with one attached hydrogen (secondary N) is 1. The lowest BCUT2D eigenvalue weighted by Crippen LogP contribution is -2.10. The van der Waals surface area contributed by atoms with E-state index < -0.39 is 0 Å². The summed E-state index contributed by atoms with van der Waals surface area (Å²) in [6, 6.07) is 11.3. The second-order valence-corrected chi connectivity index (χ2v) is 5.31. The Morgan fingerprint density at radius 1 is 1.25 bits per heavy atom. The van der Waals surface area contributed by atoms with Gasteiger partial charge in [0.25, 0.3) is 0 Å². The number of carbonyl (C=O) groups is 1. The van der Waals surface area contributed by atoms with Crippen LogP contribution >= 0.6 is 0 Å². The van der Waals surface area contributed by atoms with Crippen LogP contribution in [-0.2, 0) is 4.79 Å². The van der Waals surface area contributed by atoms with E-state index in [0.717, 1.165) is 28.3 Å². The highest BCUT2D eigenvalue weighted by Gasteiger charge is 2.05. The number of carbonyl (C=O) groups excluding carboxylic acids is 1. The topological polar surface area (TPSA) is 55.6 Å². The third-order valence-electron chi connectivity index (χ3n) is 3.70. The summed E-state index contributed by atoms with van der Waals surface area (Å²) in [7, 11) is 0. The number of hydrogen-bond donors (Lipinski definition) is 1. The fourth-order valence-electron chi connectivity index (χ4n) is 2.45. The van der Waals surface area contributed by atoms with Crippen LogP contribution in [0.25, 0.3) is 11.7 Å². The number of anilines is 1. The molecule has 0 radical (unpaired) electrons. The van der Waals surface area contributed by atoms with Crippen LogP contribution in [0.5, 0.6) is 5.75 Å². The molecule has 1 N–H and O–H groups in total. The summed E-state index contributed by atoms with van der Waals surface area (Å²) in [6.07, 6.45) is 6.90. The molecule has 3 rings (SSSR count). The minimum atomic E-state index is -0.175. The van der Waals surface area contributed by atoms with Crippen molar-refractivity contribution in [1.82, 2.24) is 9.38 Å². The van der Waals surface area contributed by atoms with Crippen LogP contribution < -0.4 is 10.1 Å². The molecular weight excluding hydrogens is 302 g/mol. The van der Waals surface area contributed by atoms with Gasteiger partial charge in [-0.3, -0.25) is 4.79 Å². The Morgan fingerprint density at radius 3 is 2.79 bits per heavy atom. The maximum absolute atomic E-state index is 12.1. The van der Waals surface area contributed by atoms with Crippen molar-refractivity contribution in [3.63, 3.8) is 0 Å². The van der Waals surface area contributed by atoms with Crippen LogP contribution in [0.3, 0.4) is 0 Å². The van der Waals surface area contributed by atoms with Crippen LogP contribution in [0.2, 0.25) is 0 Å². The Morgan fingerprint density at radius 2 is 2.04 bits per heavy atom.